The van der Waals surface area contributed by atoms with Crippen LogP contribution in [-0.4, -0.2) is 23.2 Å². The number of aryl methyl sites for hydroxylation is 2. The summed E-state index contributed by atoms with van der Waals surface area (Å²) in [6, 6.07) is 6.37. The van der Waals surface area contributed by atoms with E-state index in [0.29, 0.717) is 0 Å². The molecule has 0 aliphatic heterocycles. The highest BCUT2D eigenvalue weighted by molar-refractivity contribution is 5.39. The van der Waals surface area contributed by atoms with Crippen LogP contribution >= 0.6 is 0 Å². The normalized spacial score (nSPS) is 12.4. The van der Waals surface area contributed by atoms with Gasteiger partial charge in [-0.25, -0.2) is 4.98 Å². The molecule has 19 heavy (non-hydrogen) atoms. The summed E-state index contributed by atoms with van der Waals surface area (Å²) >= 11 is 0. The third-order valence-electron chi connectivity index (χ3n) is 3.29. The van der Waals surface area contributed by atoms with E-state index >= 15 is 0 Å². The van der Waals surface area contributed by atoms with Gasteiger partial charge in [0.05, 0.1) is 13.2 Å². The Morgan fingerprint density at radius 3 is 2.79 bits per heavy atom. The summed E-state index contributed by atoms with van der Waals surface area (Å²) in [7, 11) is 3.72. The van der Waals surface area contributed by atoms with E-state index in [2.05, 4.69) is 35.4 Å². The molecule has 1 heterocycles. The molecule has 0 aliphatic rings. The van der Waals surface area contributed by atoms with Gasteiger partial charge in [0.2, 0.25) is 0 Å². The Kier molecular flexibility index (Phi) is 4.22. The second-order valence-corrected chi connectivity index (χ2v) is 4.62. The van der Waals surface area contributed by atoms with E-state index in [1.165, 1.54) is 5.56 Å². The van der Waals surface area contributed by atoms with E-state index in [0.717, 1.165) is 23.7 Å². The molecule has 4 heteroatoms. The molecule has 2 aromatic rings. The Labute approximate surface area is 114 Å². The molecule has 1 unspecified atom stereocenters. The fourth-order valence-electron chi connectivity index (χ4n) is 2.23. The fourth-order valence-corrected chi connectivity index (χ4v) is 2.23. The van der Waals surface area contributed by atoms with Gasteiger partial charge in [0.25, 0.3) is 0 Å². The molecule has 102 valence electrons. The molecule has 0 bridgehead atoms. The number of imidazole rings is 1. The molecule has 0 aliphatic carbocycles. The molecular weight excluding hydrogens is 238 g/mol. The van der Waals surface area contributed by atoms with Crippen LogP contribution in [0, 0.1) is 6.92 Å². The van der Waals surface area contributed by atoms with Crippen LogP contribution in [0.4, 0.5) is 0 Å². The van der Waals surface area contributed by atoms with Gasteiger partial charge in [0.1, 0.15) is 11.6 Å². The van der Waals surface area contributed by atoms with Crippen LogP contribution in [-0.2, 0) is 7.05 Å². The molecule has 0 fully saturated rings. The summed E-state index contributed by atoms with van der Waals surface area (Å²) in [6.45, 7) is 5.03. The predicted octanol–water partition coefficient (Wildman–Crippen LogP) is 2.44. The third kappa shape index (κ3) is 2.79. The number of aromatic nitrogens is 2. The van der Waals surface area contributed by atoms with Crippen molar-refractivity contribution >= 4 is 0 Å². The zero-order valence-corrected chi connectivity index (χ0v) is 12.0. The standard InChI is InChI=1S/C15H21N3O/c1-5-16-14(15-17-8-9-18(15)3)12-7-6-11(2)13(10-12)19-4/h6-10,14,16H,5H2,1-4H3. The lowest BCUT2D eigenvalue weighted by atomic mass is 10.0. The van der Waals surface area contributed by atoms with Gasteiger partial charge in [-0.1, -0.05) is 19.1 Å². The van der Waals surface area contributed by atoms with E-state index in [1.54, 1.807) is 7.11 Å². The number of methoxy groups -OCH3 is 1. The van der Waals surface area contributed by atoms with Crippen LogP contribution in [0.25, 0.3) is 0 Å². The van der Waals surface area contributed by atoms with Crippen molar-refractivity contribution < 1.29 is 4.74 Å². The maximum Gasteiger partial charge on any atom is 0.130 e. The summed E-state index contributed by atoms with van der Waals surface area (Å²) < 4.78 is 7.45. The highest BCUT2D eigenvalue weighted by Crippen LogP contribution is 2.26. The SMILES string of the molecule is CCNC(c1ccc(C)c(OC)c1)c1nccn1C. The zero-order valence-electron chi connectivity index (χ0n) is 12.0. The van der Waals surface area contributed by atoms with Crippen molar-refractivity contribution in [1.82, 2.24) is 14.9 Å². The first-order valence-electron chi connectivity index (χ1n) is 6.52. The smallest absolute Gasteiger partial charge is 0.130 e. The number of rotatable bonds is 5. The van der Waals surface area contributed by atoms with Crippen LogP contribution in [0.15, 0.2) is 30.6 Å². The number of nitrogens with one attached hydrogen (secondary N) is 1. The van der Waals surface area contributed by atoms with Gasteiger partial charge in [0, 0.05) is 19.4 Å². The summed E-state index contributed by atoms with van der Waals surface area (Å²) in [5.41, 5.74) is 2.31. The van der Waals surface area contributed by atoms with Gasteiger partial charge in [-0.15, -0.1) is 0 Å². The number of ether oxygens (including phenoxy) is 1. The van der Waals surface area contributed by atoms with Crippen molar-refractivity contribution in [2.45, 2.75) is 19.9 Å². The average molecular weight is 259 g/mol. The molecule has 1 aromatic carbocycles. The van der Waals surface area contributed by atoms with Crippen molar-refractivity contribution in [1.29, 1.82) is 0 Å². The first-order valence-corrected chi connectivity index (χ1v) is 6.52. The van der Waals surface area contributed by atoms with Gasteiger partial charge in [-0.3, -0.25) is 0 Å². The van der Waals surface area contributed by atoms with Gasteiger partial charge < -0.3 is 14.6 Å². The van der Waals surface area contributed by atoms with Crippen LogP contribution in [0.2, 0.25) is 0 Å². The summed E-state index contributed by atoms with van der Waals surface area (Å²) in [5, 5.41) is 3.47. The molecule has 0 spiro atoms. The van der Waals surface area contributed by atoms with Crippen molar-refractivity contribution in [3.63, 3.8) is 0 Å². The summed E-state index contributed by atoms with van der Waals surface area (Å²) in [6.07, 6.45) is 3.79. The van der Waals surface area contributed by atoms with Crippen molar-refractivity contribution in [3.05, 3.63) is 47.5 Å². The van der Waals surface area contributed by atoms with Crippen LogP contribution < -0.4 is 10.1 Å². The number of hydrogen-bond acceptors (Lipinski definition) is 3. The Hall–Kier alpha value is -1.81. The van der Waals surface area contributed by atoms with E-state index in [-0.39, 0.29) is 6.04 Å². The van der Waals surface area contributed by atoms with Gasteiger partial charge in [-0.05, 0) is 30.7 Å². The van der Waals surface area contributed by atoms with E-state index in [1.807, 2.05) is 30.9 Å². The molecule has 1 atom stereocenters. The van der Waals surface area contributed by atoms with Crippen molar-refractivity contribution in [2.75, 3.05) is 13.7 Å². The third-order valence-corrected chi connectivity index (χ3v) is 3.29. The quantitative estimate of drug-likeness (QED) is 0.896. The highest BCUT2D eigenvalue weighted by atomic mass is 16.5. The van der Waals surface area contributed by atoms with Gasteiger partial charge >= 0.3 is 0 Å². The van der Waals surface area contributed by atoms with E-state index in [9.17, 15) is 0 Å². The Bertz CT molecular complexity index is 548. The molecule has 1 N–H and O–H groups in total. The zero-order chi connectivity index (χ0) is 13.8. The molecule has 0 radical (unpaired) electrons. The number of benzene rings is 1. The molecule has 0 amide bonds. The Morgan fingerprint density at radius 2 is 2.21 bits per heavy atom. The second-order valence-electron chi connectivity index (χ2n) is 4.62. The number of nitrogens with zero attached hydrogens (tertiary/aromatic N) is 2. The minimum atomic E-state index is 0.0829. The molecule has 0 saturated heterocycles. The summed E-state index contributed by atoms with van der Waals surface area (Å²) in [5.74, 6) is 1.92. The van der Waals surface area contributed by atoms with Gasteiger partial charge in [0.15, 0.2) is 0 Å². The maximum atomic E-state index is 5.41. The highest BCUT2D eigenvalue weighted by Gasteiger charge is 2.18. The van der Waals surface area contributed by atoms with Crippen LogP contribution in [0.3, 0.4) is 0 Å². The second kappa shape index (κ2) is 5.89. The van der Waals surface area contributed by atoms with Crippen LogP contribution in [0.1, 0.15) is 29.9 Å². The van der Waals surface area contributed by atoms with Crippen molar-refractivity contribution in [3.8, 4) is 5.75 Å². The lowest BCUT2D eigenvalue weighted by Crippen LogP contribution is -2.24. The first kappa shape index (κ1) is 13.6. The monoisotopic (exact) mass is 259 g/mol. The predicted molar refractivity (Wildman–Crippen MR) is 76.5 cm³/mol. The Balaban J connectivity index is 2.42. The molecule has 0 saturated carbocycles. The summed E-state index contributed by atoms with van der Waals surface area (Å²) in [4.78, 5) is 4.45. The lowest BCUT2D eigenvalue weighted by Gasteiger charge is -2.19. The fraction of sp³-hybridized carbons (Fsp3) is 0.400. The largest absolute Gasteiger partial charge is 0.496 e. The first-order chi connectivity index (χ1) is 9.17. The molecule has 2 rings (SSSR count). The molecule has 1 aromatic heterocycles. The number of hydrogen-bond donors (Lipinski definition) is 1. The maximum absolute atomic E-state index is 5.41. The average Bonchev–Trinajstić information content (AvgIpc) is 2.83. The van der Waals surface area contributed by atoms with E-state index < -0.39 is 0 Å². The Morgan fingerprint density at radius 1 is 1.42 bits per heavy atom. The lowest BCUT2D eigenvalue weighted by molar-refractivity contribution is 0.410. The van der Waals surface area contributed by atoms with E-state index in [4.69, 9.17) is 4.74 Å². The minimum Gasteiger partial charge on any atom is -0.496 e. The van der Waals surface area contributed by atoms with Crippen LogP contribution in [0.5, 0.6) is 5.75 Å². The minimum absolute atomic E-state index is 0.0829. The molecular formula is C15H21N3O. The topological polar surface area (TPSA) is 39.1 Å². The van der Waals surface area contributed by atoms with Gasteiger partial charge in [-0.2, -0.15) is 0 Å². The molecule has 4 nitrogen and oxygen atoms in total. The van der Waals surface area contributed by atoms with Crippen molar-refractivity contribution in [2.24, 2.45) is 7.05 Å².